The van der Waals surface area contributed by atoms with Crippen LogP contribution in [0.15, 0.2) is 12.1 Å². The number of halogens is 3. The van der Waals surface area contributed by atoms with Crippen LogP contribution < -0.4 is 0 Å². The molecule has 16 heavy (non-hydrogen) atoms. The Morgan fingerprint density at radius 1 is 1.12 bits per heavy atom. The van der Waals surface area contributed by atoms with E-state index in [1.54, 1.807) is 0 Å². The summed E-state index contributed by atoms with van der Waals surface area (Å²) in [6, 6.07) is 1.96. The Labute approximate surface area is 91.6 Å². The molecule has 0 aliphatic rings. The second-order valence-corrected chi connectivity index (χ2v) is 3.45. The van der Waals surface area contributed by atoms with Crippen LogP contribution in [-0.2, 0) is 0 Å². The van der Waals surface area contributed by atoms with Crippen LogP contribution >= 0.6 is 11.6 Å². The third kappa shape index (κ3) is 1.15. The second kappa shape index (κ2) is 3.05. The third-order valence-corrected chi connectivity index (χ3v) is 2.44. The number of fused-ring (bicyclic) bond motifs is 3. The SMILES string of the molecule is Fc1cc2c(Cl)nn3nnnc3c2cc1F. The summed E-state index contributed by atoms with van der Waals surface area (Å²) in [4.78, 5) is 0. The highest BCUT2D eigenvalue weighted by Gasteiger charge is 2.13. The van der Waals surface area contributed by atoms with E-state index in [4.69, 9.17) is 11.6 Å². The Morgan fingerprint density at radius 2 is 1.81 bits per heavy atom. The number of hydrogen-bond acceptors (Lipinski definition) is 4. The number of hydrogen-bond donors (Lipinski definition) is 0. The fourth-order valence-corrected chi connectivity index (χ4v) is 1.68. The van der Waals surface area contributed by atoms with Gasteiger partial charge in [-0.25, -0.2) is 8.78 Å². The molecule has 0 saturated carbocycles. The highest BCUT2D eigenvalue weighted by molar-refractivity contribution is 6.34. The minimum absolute atomic E-state index is 0.00806. The highest BCUT2D eigenvalue weighted by Crippen LogP contribution is 2.25. The summed E-state index contributed by atoms with van der Waals surface area (Å²) in [7, 11) is 0. The van der Waals surface area contributed by atoms with Crippen molar-refractivity contribution in [3.05, 3.63) is 28.9 Å². The van der Waals surface area contributed by atoms with Crippen molar-refractivity contribution in [1.29, 1.82) is 0 Å². The van der Waals surface area contributed by atoms with Crippen LogP contribution in [0, 0.1) is 11.6 Å². The summed E-state index contributed by atoms with van der Waals surface area (Å²) < 4.78 is 27.2. The van der Waals surface area contributed by atoms with Crippen molar-refractivity contribution in [2.24, 2.45) is 0 Å². The molecule has 3 aromatic rings. The Hall–Kier alpha value is -1.89. The molecule has 0 bridgehead atoms. The molecule has 80 valence electrons. The van der Waals surface area contributed by atoms with E-state index in [0.717, 1.165) is 16.8 Å². The van der Waals surface area contributed by atoms with Crippen LogP contribution in [0.4, 0.5) is 8.78 Å². The summed E-state index contributed by atoms with van der Waals surface area (Å²) in [6.07, 6.45) is 0. The van der Waals surface area contributed by atoms with E-state index in [9.17, 15) is 8.78 Å². The fraction of sp³-hybridized carbons (Fsp3) is 0. The summed E-state index contributed by atoms with van der Waals surface area (Å²) >= 11 is 5.80. The molecule has 0 unspecified atom stereocenters. The summed E-state index contributed by atoms with van der Waals surface area (Å²) in [5.74, 6) is -1.98. The van der Waals surface area contributed by atoms with E-state index >= 15 is 0 Å². The van der Waals surface area contributed by atoms with Crippen molar-refractivity contribution in [2.75, 3.05) is 0 Å². The Bertz CT molecular complexity index is 710. The van der Waals surface area contributed by atoms with Crippen molar-refractivity contribution < 1.29 is 8.78 Å². The molecule has 0 N–H and O–H groups in total. The van der Waals surface area contributed by atoms with Crippen LogP contribution in [0.5, 0.6) is 0 Å². The van der Waals surface area contributed by atoms with Gasteiger partial charge in [0.2, 0.25) is 5.65 Å². The molecular weight excluding hydrogens is 240 g/mol. The fourth-order valence-electron chi connectivity index (χ4n) is 1.45. The first-order valence-electron chi connectivity index (χ1n) is 4.19. The normalized spacial score (nSPS) is 11.4. The number of benzene rings is 1. The van der Waals surface area contributed by atoms with E-state index in [2.05, 4.69) is 20.6 Å². The molecule has 0 saturated heterocycles. The van der Waals surface area contributed by atoms with E-state index in [0.29, 0.717) is 5.39 Å². The third-order valence-electron chi connectivity index (χ3n) is 2.16. The molecule has 2 aromatic heterocycles. The molecule has 0 aliphatic heterocycles. The average Bonchev–Trinajstić information content (AvgIpc) is 2.69. The standard InChI is InChI=1S/C8H2ClF2N5/c9-7-3-1-5(10)6(11)2-4(3)8-12-14-15-16(8)13-7/h1-2H. The first kappa shape index (κ1) is 9.34. The molecule has 0 aliphatic carbocycles. The van der Waals surface area contributed by atoms with Crippen molar-refractivity contribution in [2.45, 2.75) is 0 Å². The Kier molecular flexibility index (Phi) is 1.78. The maximum atomic E-state index is 13.1. The quantitative estimate of drug-likeness (QED) is 0.600. The van der Waals surface area contributed by atoms with Gasteiger partial charge in [0.15, 0.2) is 16.8 Å². The number of nitrogens with zero attached hydrogens (tertiary/aromatic N) is 5. The second-order valence-electron chi connectivity index (χ2n) is 3.09. The van der Waals surface area contributed by atoms with Gasteiger partial charge in [0.1, 0.15) is 0 Å². The largest absolute Gasteiger partial charge is 0.207 e. The molecule has 1 aromatic carbocycles. The summed E-state index contributed by atoms with van der Waals surface area (Å²) in [5.41, 5.74) is 0.221. The first-order chi connectivity index (χ1) is 7.66. The lowest BCUT2D eigenvalue weighted by Gasteiger charge is -2.01. The van der Waals surface area contributed by atoms with Crippen molar-refractivity contribution in [3.63, 3.8) is 0 Å². The van der Waals surface area contributed by atoms with Crippen LogP contribution in [0.1, 0.15) is 0 Å². The van der Waals surface area contributed by atoms with Crippen LogP contribution in [0.3, 0.4) is 0 Å². The van der Waals surface area contributed by atoms with Gasteiger partial charge in [-0.05, 0) is 22.6 Å². The van der Waals surface area contributed by atoms with E-state index in [1.807, 2.05) is 0 Å². The van der Waals surface area contributed by atoms with Gasteiger partial charge in [-0.2, -0.15) is 0 Å². The van der Waals surface area contributed by atoms with Gasteiger partial charge in [0, 0.05) is 10.8 Å². The molecular formula is C8H2ClF2N5. The van der Waals surface area contributed by atoms with Crippen LogP contribution in [0.25, 0.3) is 16.4 Å². The van der Waals surface area contributed by atoms with E-state index in [1.165, 1.54) is 0 Å². The van der Waals surface area contributed by atoms with Gasteiger partial charge in [0.05, 0.1) is 0 Å². The minimum Gasteiger partial charge on any atom is -0.204 e. The smallest absolute Gasteiger partial charge is 0.204 e. The lowest BCUT2D eigenvalue weighted by atomic mass is 10.2. The van der Waals surface area contributed by atoms with Gasteiger partial charge in [0.25, 0.3) is 0 Å². The maximum Gasteiger partial charge on any atom is 0.207 e. The van der Waals surface area contributed by atoms with E-state index < -0.39 is 11.6 Å². The van der Waals surface area contributed by atoms with Gasteiger partial charge >= 0.3 is 0 Å². The zero-order valence-corrected chi connectivity index (χ0v) is 8.28. The molecule has 0 fully saturated rings. The van der Waals surface area contributed by atoms with Crippen molar-refractivity contribution in [3.8, 4) is 0 Å². The van der Waals surface area contributed by atoms with Crippen molar-refractivity contribution >= 4 is 28.0 Å². The molecule has 0 spiro atoms. The summed E-state index contributed by atoms with van der Waals surface area (Å²) in [6.45, 7) is 0. The molecule has 2 heterocycles. The molecule has 0 radical (unpaired) electrons. The van der Waals surface area contributed by atoms with Crippen LogP contribution in [0.2, 0.25) is 5.15 Å². The zero-order valence-electron chi connectivity index (χ0n) is 7.52. The zero-order chi connectivity index (χ0) is 11.3. The lowest BCUT2D eigenvalue weighted by molar-refractivity contribution is 0.511. The summed E-state index contributed by atoms with van der Waals surface area (Å²) in [5, 5.41) is 14.9. The van der Waals surface area contributed by atoms with Crippen molar-refractivity contribution in [1.82, 2.24) is 25.3 Å². The average molecular weight is 242 g/mol. The molecule has 0 amide bonds. The molecule has 0 atom stereocenters. The van der Waals surface area contributed by atoms with Gasteiger partial charge in [-0.15, -0.1) is 14.8 Å². The molecule has 8 heteroatoms. The topological polar surface area (TPSA) is 56.0 Å². The predicted molar refractivity (Wildman–Crippen MR) is 51.0 cm³/mol. The van der Waals surface area contributed by atoms with E-state index in [-0.39, 0.29) is 16.2 Å². The number of rotatable bonds is 0. The molecule has 3 rings (SSSR count). The first-order valence-corrected chi connectivity index (χ1v) is 4.57. The predicted octanol–water partition coefficient (Wildman–Crippen LogP) is 1.60. The number of tetrazole rings is 1. The minimum atomic E-state index is -0.993. The lowest BCUT2D eigenvalue weighted by Crippen LogP contribution is -1.97. The highest BCUT2D eigenvalue weighted by atomic mass is 35.5. The van der Waals surface area contributed by atoms with Gasteiger partial charge in [-0.1, -0.05) is 11.6 Å². The van der Waals surface area contributed by atoms with Gasteiger partial charge < -0.3 is 0 Å². The number of aromatic nitrogens is 5. The Balaban J connectivity index is 2.61. The van der Waals surface area contributed by atoms with Gasteiger partial charge in [-0.3, -0.25) is 0 Å². The molecule has 5 nitrogen and oxygen atoms in total. The Morgan fingerprint density at radius 3 is 2.56 bits per heavy atom. The maximum absolute atomic E-state index is 13.1. The monoisotopic (exact) mass is 241 g/mol. The van der Waals surface area contributed by atoms with Crippen LogP contribution in [-0.4, -0.2) is 25.3 Å².